The van der Waals surface area contributed by atoms with Crippen molar-refractivity contribution in [1.29, 1.82) is 0 Å². The van der Waals surface area contributed by atoms with Gasteiger partial charge in [-0.3, -0.25) is 4.68 Å². The smallest absolute Gasteiger partial charge is 0.119 e. The lowest BCUT2D eigenvalue weighted by Gasteiger charge is -2.05. The van der Waals surface area contributed by atoms with Crippen molar-refractivity contribution in [2.24, 2.45) is 7.05 Å². The molecule has 2 aromatic rings. The van der Waals surface area contributed by atoms with Crippen LogP contribution < -0.4 is 4.74 Å². The molecule has 106 valence electrons. The first-order chi connectivity index (χ1) is 9.78. The van der Waals surface area contributed by atoms with E-state index in [1.54, 1.807) is 6.08 Å². The van der Waals surface area contributed by atoms with Crippen molar-refractivity contribution >= 4 is 11.8 Å². The van der Waals surface area contributed by atoms with Gasteiger partial charge >= 0.3 is 0 Å². The first-order valence-corrected chi connectivity index (χ1v) is 7.82. The molecule has 3 nitrogen and oxygen atoms in total. The minimum atomic E-state index is 0.554. The van der Waals surface area contributed by atoms with Gasteiger partial charge in [-0.25, -0.2) is 0 Å². The fourth-order valence-corrected chi connectivity index (χ4v) is 2.73. The molecule has 1 aromatic heterocycles. The molecule has 0 saturated carbocycles. The standard InChI is InChI=1S/C16H20N2OS/c1-3-11-19-16-6-4-14(5-7-16)13-20-12-9-15-8-10-18(2)17-15/h3-8,10H,1,9,11-13H2,2H3. The largest absolute Gasteiger partial charge is 0.490 e. The molecule has 0 saturated heterocycles. The third-order valence-corrected chi connectivity index (χ3v) is 3.86. The maximum atomic E-state index is 5.46. The van der Waals surface area contributed by atoms with Gasteiger partial charge in [0.15, 0.2) is 0 Å². The molecule has 0 radical (unpaired) electrons. The zero-order valence-corrected chi connectivity index (χ0v) is 12.6. The van der Waals surface area contributed by atoms with E-state index in [2.05, 4.69) is 29.9 Å². The van der Waals surface area contributed by atoms with Crippen LogP contribution in [0.3, 0.4) is 0 Å². The molecule has 0 aliphatic carbocycles. The van der Waals surface area contributed by atoms with Crippen LogP contribution in [0.2, 0.25) is 0 Å². The second kappa shape index (κ2) is 7.80. The van der Waals surface area contributed by atoms with Crippen LogP contribution in [0.25, 0.3) is 0 Å². The van der Waals surface area contributed by atoms with Crippen LogP contribution in [-0.2, 0) is 19.2 Å². The van der Waals surface area contributed by atoms with E-state index < -0.39 is 0 Å². The molecule has 2 rings (SSSR count). The molecule has 0 atom stereocenters. The Morgan fingerprint density at radius 1 is 1.30 bits per heavy atom. The summed E-state index contributed by atoms with van der Waals surface area (Å²) < 4.78 is 7.31. The van der Waals surface area contributed by atoms with Crippen LogP contribution in [0.5, 0.6) is 5.75 Å². The van der Waals surface area contributed by atoms with E-state index in [1.165, 1.54) is 5.56 Å². The third kappa shape index (κ3) is 4.78. The fourth-order valence-electron chi connectivity index (χ4n) is 1.80. The highest BCUT2D eigenvalue weighted by atomic mass is 32.2. The Kier molecular flexibility index (Phi) is 5.74. The van der Waals surface area contributed by atoms with Gasteiger partial charge < -0.3 is 4.74 Å². The molecule has 0 aliphatic rings. The van der Waals surface area contributed by atoms with Gasteiger partial charge in [0.2, 0.25) is 0 Å². The minimum absolute atomic E-state index is 0.554. The molecule has 0 unspecified atom stereocenters. The van der Waals surface area contributed by atoms with E-state index in [4.69, 9.17) is 4.74 Å². The molecule has 0 aliphatic heterocycles. The number of benzene rings is 1. The van der Waals surface area contributed by atoms with Crippen LogP contribution in [0.4, 0.5) is 0 Å². The Bertz CT molecular complexity index is 534. The topological polar surface area (TPSA) is 27.1 Å². The molecule has 0 fully saturated rings. The normalized spacial score (nSPS) is 10.4. The number of hydrogen-bond acceptors (Lipinski definition) is 3. The Hall–Kier alpha value is -1.68. The first kappa shape index (κ1) is 14.7. The van der Waals surface area contributed by atoms with Crippen molar-refractivity contribution in [3.05, 3.63) is 60.4 Å². The van der Waals surface area contributed by atoms with Crippen LogP contribution in [0, 0.1) is 0 Å². The van der Waals surface area contributed by atoms with Gasteiger partial charge in [-0.1, -0.05) is 24.8 Å². The van der Waals surface area contributed by atoms with Crippen LogP contribution in [0.1, 0.15) is 11.3 Å². The summed E-state index contributed by atoms with van der Waals surface area (Å²) in [5.41, 5.74) is 2.48. The highest BCUT2D eigenvalue weighted by molar-refractivity contribution is 7.98. The minimum Gasteiger partial charge on any atom is -0.490 e. The highest BCUT2D eigenvalue weighted by Crippen LogP contribution is 2.17. The molecular weight excluding hydrogens is 268 g/mol. The van der Waals surface area contributed by atoms with Crippen molar-refractivity contribution in [3.63, 3.8) is 0 Å². The molecule has 0 amide bonds. The predicted molar refractivity (Wildman–Crippen MR) is 85.2 cm³/mol. The average molecular weight is 288 g/mol. The zero-order chi connectivity index (χ0) is 14.2. The van der Waals surface area contributed by atoms with Crippen LogP contribution in [0.15, 0.2) is 49.2 Å². The SMILES string of the molecule is C=CCOc1ccc(CSCCc2ccn(C)n2)cc1. The average Bonchev–Trinajstić information content (AvgIpc) is 2.88. The summed E-state index contributed by atoms with van der Waals surface area (Å²) >= 11 is 1.93. The zero-order valence-electron chi connectivity index (χ0n) is 11.8. The summed E-state index contributed by atoms with van der Waals surface area (Å²) in [6, 6.07) is 10.3. The van der Waals surface area contributed by atoms with Gasteiger partial charge in [0.05, 0.1) is 5.69 Å². The maximum Gasteiger partial charge on any atom is 0.119 e. The van der Waals surface area contributed by atoms with Crippen molar-refractivity contribution < 1.29 is 4.74 Å². The fraction of sp³-hybridized carbons (Fsp3) is 0.312. The van der Waals surface area contributed by atoms with Gasteiger partial charge in [-0.05, 0) is 29.5 Å². The number of hydrogen-bond donors (Lipinski definition) is 0. The Morgan fingerprint density at radius 2 is 2.10 bits per heavy atom. The molecule has 4 heteroatoms. The highest BCUT2D eigenvalue weighted by Gasteiger charge is 1.99. The number of thioether (sulfide) groups is 1. The number of nitrogens with zero attached hydrogens (tertiary/aromatic N) is 2. The summed E-state index contributed by atoms with van der Waals surface area (Å²) in [5.74, 6) is 3.01. The summed E-state index contributed by atoms with van der Waals surface area (Å²) in [7, 11) is 1.95. The first-order valence-electron chi connectivity index (χ1n) is 6.67. The summed E-state index contributed by atoms with van der Waals surface area (Å²) in [6.07, 6.45) is 4.76. The van der Waals surface area contributed by atoms with Crippen molar-refractivity contribution in [3.8, 4) is 5.75 Å². The summed E-state index contributed by atoms with van der Waals surface area (Å²) in [6.45, 7) is 4.19. The second-order valence-electron chi connectivity index (χ2n) is 4.53. The van der Waals surface area contributed by atoms with Crippen molar-refractivity contribution in [2.45, 2.75) is 12.2 Å². The Labute approximate surface area is 124 Å². The molecule has 0 spiro atoms. The number of aryl methyl sites for hydroxylation is 2. The third-order valence-electron chi connectivity index (χ3n) is 2.83. The van der Waals surface area contributed by atoms with E-state index in [0.717, 1.165) is 29.4 Å². The van der Waals surface area contributed by atoms with Gasteiger partial charge in [0.1, 0.15) is 12.4 Å². The maximum absolute atomic E-state index is 5.46. The summed E-state index contributed by atoms with van der Waals surface area (Å²) in [4.78, 5) is 0. The quantitative estimate of drug-likeness (QED) is 0.550. The van der Waals surface area contributed by atoms with Gasteiger partial charge in [-0.15, -0.1) is 0 Å². The predicted octanol–water partition coefficient (Wildman–Crippen LogP) is 3.46. The molecule has 20 heavy (non-hydrogen) atoms. The lowest BCUT2D eigenvalue weighted by atomic mass is 10.2. The van der Waals surface area contributed by atoms with E-state index in [1.807, 2.05) is 41.8 Å². The molecule has 0 bridgehead atoms. The van der Waals surface area contributed by atoms with Gasteiger partial charge in [-0.2, -0.15) is 16.9 Å². The van der Waals surface area contributed by atoms with E-state index >= 15 is 0 Å². The van der Waals surface area contributed by atoms with E-state index in [9.17, 15) is 0 Å². The molecular formula is C16H20N2OS. The van der Waals surface area contributed by atoms with Gasteiger partial charge in [0.25, 0.3) is 0 Å². The molecule has 1 heterocycles. The van der Waals surface area contributed by atoms with Crippen molar-refractivity contribution in [1.82, 2.24) is 9.78 Å². The number of aromatic nitrogens is 2. The summed E-state index contributed by atoms with van der Waals surface area (Å²) in [5, 5.41) is 4.37. The molecule has 0 N–H and O–H groups in total. The lowest BCUT2D eigenvalue weighted by molar-refractivity contribution is 0.363. The monoisotopic (exact) mass is 288 g/mol. The number of ether oxygens (including phenoxy) is 1. The van der Waals surface area contributed by atoms with Gasteiger partial charge in [0, 0.05) is 25.4 Å². The van der Waals surface area contributed by atoms with E-state index in [-0.39, 0.29) is 0 Å². The van der Waals surface area contributed by atoms with E-state index in [0.29, 0.717) is 6.61 Å². The lowest BCUT2D eigenvalue weighted by Crippen LogP contribution is -1.94. The Morgan fingerprint density at radius 3 is 2.75 bits per heavy atom. The van der Waals surface area contributed by atoms with Crippen molar-refractivity contribution in [2.75, 3.05) is 12.4 Å². The Balaban J connectivity index is 1.69. The molecule has 1 aromatic carbocycles. The van der Waals surface area contributed by atoms with Crippen LogP contribution in [-0.4, -0.2) is 22.1 Å². The van der Waals surface area contributed by atoms with Crippen LogP contribution >= 0.6 is 11.8 Å². The number of rotatable bonds is 8. The second-order valence-corrected chi connectivity index (χ2v) is 5.63.